The lowest BCUT2D eigenvalue weighted by atomic mass is 10.0. The molecule has 0 aliphatic heterocycles. The minimum Gasteiger partial charge on any atom is -0.323 e. The fourth-order valence-corrected chi connectivity index (χ4v) is 2.17. The van der Waals surface area contributed by atoms with Gasteiger partial charge in [-0.15, -0.1) is 0 Å². The average molecular weight is 244 g/mol. The molecule has 0 aliphatic rings. The first-order valence-electron chi connectivity index (χ1n) is 6.22. The van der Waals surface area contributed by atoms with E-state index in [-0.39, 0.29) is 6.04 Å². The quantitative estimate of drug-likeness (QED) is 0.895. The van der Waals surface area contributed by atoms with Crippen LogP contribution in [0.3, 0.4) is 0 Å². The van der Waals surface area contributed by atoms with Crippen LogP contribution in [-0.4, -0.2) is 14.8 Å². The van der Waals surface area contributed by atoms with Crippen LogP contribution in [0.2, 0.25) is 0 Å². The van der Waals surface area contributed by atoms with Crippen LogP contribution in [0.4, 0.5) is 0 Å². The maximum atomic E-state index is 6.21. The Morgan fingerprint density at radius 3 is 2.72 bits per heavy atom. The van der Waals surface area contributed by atoms with Crippen molar-refractivity contribution in [3.63, 3.8) is 0 Å². The molecule has 18 heavy (non-hydrogen) atoms. The van der Waals surface area contributed by atoms with Crippen molar-refractivity contribution in [2.24, 2.45) is 12.8 Å². The molecule has 4 nitrogen and oxygen atoms in total. The first-order valence-corrected chi connectivity index (χ1v) is 6.22. The zero-order chi connectivity index (χ0) is 13.1. The van der Waals surface area contributed by atoms with Crippen LogP contribution in [0, 0.1) is 13.8 Å². The van der Waals surface area contributed by atoms with Gasteiger partial charge in [0.25, 0.3) is 0 Å². The number of aryl methyl sites for hydroxylation is 4. The molecule has 0 radical (unpaired) electrons. The minimum atomic E-state index is -0.00851. The first kappa shape index (κ1) is 12.8. The van der Waals surface area contributed by atoms with Crippen LogP contribution >= 0.6 is 0 Å². The Morgan fingerprint density at radius 1 is 1.33 bits per heavy atom. The normalized spacial score (nSPS) is 12.7. The lowest BCUT2D eigenvalue weighted by Crippen LogP contribution is -2.14. The summed E-state index contributed by atoms with van der Waals surface area (Å²) in [6, 6.07) is 2.12. The number of aromatic nitrogens is 3. The van der Waals surface area contributed by atoms with Crippen LogP contribution in [0.25, 0.3) is 0 Å². The third-order valence-electron chi connectivity index (χ3n) is 3.11. The molecule has 4 heteroatoms. The van der Waals surface area contributed by atoms with Gasteiger partial charge in [0.1, 0.15) is 0 Å². The van der Waals surface area contributed by atoms with Gasteiger partial charge in [0.05, 0.1) is 11.9 Å². The molecule has 0 fully saturated rings. The molecule has 2 aromatic rings. The third-order valence-corrected chi connectivity index (χ3v) is 3.11. The summed E-state index contributed by atoms with van der Waals surface area (Å²) in [6.07, 6.45) is 7.63. The van der Waals surface area contributed by atoms with Crippen molar-refractivity contribution < 1.29 is 0 Å². The molecule has 1 unspecified atom stereocenters. The Balaban J connectivity index is 2.01. The van der Waals surface area contributed by atoms with Crippen LogP contribution in [0.5, 0.6) is 0 Å². The third kappa shape index (κ3) is 2.96. The lowest BCUT2D eigenvalue weighted by Gasteiger charge is -2.13. The summed E-state index contributed by atoms with van der Waals surface area (Å²) >= 11 is 0. The fraction of sp³-hybridized carbons (Fsp3) is 0.429. The molecule has 2 aromatic heterocycles. The summed E-state index contributed by atoms with van der Waals surface area (Å²) in [6.45, 7) is 4.12. The van der Waals surface area contributed by atoms with Gasteiger partial charge in [-0.1, -0.05) is 6.07 Å². The van der Waals surface area contributed by atoms with Crippen molar-refractivity contribution in [2.75, 3.05) is 0 Å². The second-order valence-electron chi connectivity index (χ2n) is 4.88. The van der Waals surface area contributed by atoms with Crippen molar-refractivity contribution in [3.05, 3.63) is 47.0 Å². The molecule has 0 amide bonds. The standard InChI is InChI=1S/C14H20N4/c1-10-6-11(2)14(16-7-10)13(15)5-4-12-8-17-18(3)9-12/h6-9,13H,4-5,15H2,1-3H3. The number of hydrogen-bond acceptors (Lipinski definition) is 3. The molecule has 0 saturated heterocycles. The Bertz CT molecular complexity index is 530. The van der Waals surface area contributed by atoms with E-state index >= 15 is 0 Å². The molecule has 0 saturated carbocycles. The van der Waals surface area contributed by atoms with Gasteiger partial charge in [0.2, 0.25) is 0 Å². The van der Waals surface area contributed by atoms with E-state index in [4.69, 9.17) is 5.73 Å². The molecule has 96 valence electrons. The van der Waals surface area contributed by atoms with E-state index < -0.39 is 0 Å². The van der Waals surface area contributed by atoms with E-state index in [1.807, 2.05) is 37.2 Å². The predicted molar refractivity (Wildman–Crippen MR) is 72.2 cm³/mol. The van der Waals surface area contributed by atoms with Gasteiger partial charge in [-0.05, 0) is 43.4 Å². The zero-order valence-electron chi connectivity index (χ0n) is 11.2. The number of nitrogens with zero attached hydrogens (tertiary/aromatic N) is 3. The highest BCUT2D eigenvalue weighted by Gasteiger charge is 2.11. The van der Waals surface area contributed by atoms with Gasteiger partial charge < -0.3 is 5.73 Å². The fourth-order valence-electron chi connectivity index (χ4n) is 2.17. The number of pyridine rings is 1. The topological polar surface area (TPSA) is 56.7 Å². The van der Waals surface area contributed by atoms with E-state index in [0.29, 0.717) is 0 Å². The average Bonchev–Trinajstić information content (AvgIpc) is 2.72. The summed E-state index contributed by atoms with van der Waals surface area (Å²) in [5.41, 5.74) is 10.8. The van der Waals surface area contributed by atoms with E-state index in [2.05, 4.69) is 23.1 Å². The Kier molecular flexibility index (Phi) is 3.77. The molecule has 2 heterocycles. The van der Waals surface area contributed by atoms with Crippen LogP contribution in [0.1, 0.15) is 34.8 Å². The summed E-state index contributed by atoms with van der Waals surface area (Å²) in [7, 11) is 1.93. The van der Waals surface area contributed by atoms with Crippen LogP contribution < -0.4 is 5.73 Å². The van der Waals surface area contributed by atoms with Gasteiger partial charge in [-0.2, -0.15) is 5.10 Å². The zero-order valence-corrected chi connectivity index (χ0v) is 11.2. The summed E-state index contributed by atoms with van der Waals surface area (Å²) in [4.78, 5) is 4.45. The van der Waals surface area contributed by atoms with Crippen molar-refractivity contribution in [1.29, 1.82) is 0 Å². The summed E-state index contributed by atoms with van der Waals surface area (Å²) < 4.78 is 1.82. The largest absolute Gasteiger partial charge is 0.323 e. The van der Waals surface area contributed by atoms with Crippen molar-refractivity contribution in [2.45, 2.75) is 32.7 Å². The molecule has 2 N–H and O–H groups in total. The van der Waals surface area contributed by atoms with Gasteiger partial charge in [-0.25, -0.2) is 0 Å². The maximum absolute atomic E-state index is 6.21. The molecule has 2 rings (SSSR count). The Labute approximate surface area is 108 Å². The van der Waals surface area contributed by atoms with Crippen LogP contribution in [-0.2, 0) is 13.5 Å². The van der Waals surface area contributed by atoms with E-state index in [1.165, 1.54) is 16.7 Å². The second kappa shape index (κ2) is 5.31. The van der Waals surface area contributed by atoms with E-state index in [1.54, 1.807) is 0 Å². The predicted octanol–water partition coefficient (Wildman–Crippen LogP) is 2.06. The molecular formula is C14H20N4. The summed E-state index contributed by atoms with van der Waals surface area (Å²) in [5.74, 6) is 0. The smallest absolute Gasteiger partial charge is 0.0600 e. The second-order valence-corrected chi connectivity index (χ2v) is 4.88. The van der Waals surface area contributed by atoms with E-state index in [9.17, 15) is 0 Å². The monoisotopic (exact) mass is 244 g/mol. The maximum Gasteiger partial charge on any atom is 0.0600 e. The van der Waals surface area contributed by atoms with Gasteiger partial charge in [0, 0.05) is 25.5 Å². The molecule has 0 spiro atoms. The molecule has 0 bridgehead atoms. The highest BCUT2D eigenvalue weighted by atomic mass is 15.2. The Hall–Kier alpha value is -1.68. The van der Waals surface area contributed by atoms with Crippen molar-refractivity contribution in [1.82, 2.24) is 14.8 Å². The van der Waals surface area contributed by atoms with Gasteiger partial charge in [0.15, 0.2) is 0 Å². The Morgan fingerprint density at radius 2 is 2.11 bits per heavy atom. The lowest BCUT2D eigenvalue weighted by molar-refractivity contribution is 0.628. The first-order chi connectivity index (χ1) is 8.56. The number of nitrogens with two attached hydrogens (primary N) is 1. The van der Waals surface area contributed by atoms with Gasteiger partial charge >= 0.3 is 0 Å². The SMILES string of the molecule is Cc1cnc(C(N)CCc2cnn(C)c2)c(C)c1. The van der Waals surface area contributed by atoms with Crippen LogP contribution in [0.15, 0.2) is 24.7 Å². The molecule has 1 atom stereocenters. The number of hydrogen-bond donors (Lipinski definition) is 1. The van der Waals surface area contributed by atoms with Crippen molar-refractivity contribution in [3.8, 4) is 0 Å². The molecule has 0 aromatic carbocycles. The number of rotatable bonds is 4. The summed E-state index contributed by atoms with van der Waals surface area (Å²) in [5, 5.41) is 4.16. The van der Waals surface area contributed by atoms with Gasteiger partial charge in [-0.3, -0.25) is 9.67 Å². The molecular weight excluding hydrogens is 224 g/mol. The van der Waals surface area contributed by atoms with E-state index in [0.717, 1.165) is 18.5 Å². The van der Waals surface area contributed by atoms with Crippen molar-refractivity contribution >= 4 is 0 Å². The highest BCUT2D eigenvalue weighted by Crippen LogP contribution is 2.18. The minimum absolute atomic E-state index is 0.00851. The highest BCUT2D eigenvalue weighted by molar-refractivity contribution is 5.25. The molecule has 0 aliphatic carbocycles.